The van der Waals surface area contributed by atoms with Crippen molar-refractivity contribution in [2.45, 2.75) is 0 Å². The van der Waals surface area contributed by atoms with Gasteiger partial charge >= 0.3 is 0 Å². The first-order chi connectivity index (χ1) is 7.65. The average Bonchev–Trinajstić information content (AvgIpc) is 2.65. The molecule has 1 heterocycles. The third-order valence-electron chi connectivity index (χ3n) is 2.76. The van der Waals surface area contributed by atoms with Crippen LogP contribution in [0.1, 0.15) is 0 Å². The number of benzene rings is 1. The van der Waals surface area contributed by atoms with Crippen LogP contribution >= 0.6 is 0 Å². The van der Waals surface area contributed by atoms with Crippen LogP contribution in [-0.4, -0.2) is 20.1 Å². The molecule has 0 amide bonds. The van der Waals surface area contributed by atoms with Crippen LogP contribution in [0, 0.1) is 11.7 Å². The van der Waals surface area contributed by atoms with E-state index < -0.39 is 0 Å². The summed E-state index contributed by atoms with van der Waals surface area (Å²) in [5.74, 6) is 0.955. The van der Waals surface area contributed by atoms with Gasteiger partial charge in [-0.05, 0) is 30.3 Å². The zero-order valence-corrected chi connectivity index (χ0v) is 9.28. The fourth-order valence-corrected chi connectivity index (χ4v) is 1.89. The molecule has 4 heteroatoms. The number of nitrogens with zero attached hydrogens (tertiary/aromatic N) is 1. The standard InChI is InChI=1S/C12H16FN3/c1-16(8-9-6-12(14)15-7-9)11-4-2-10(13)3-5-11/h2-6,9,15H,7-8,14H2,1H3/t9-/m1/s1. The zero-order valence-electron chi connectivity index (χ0n) is 9.28. The summed E-state index contributed by atoms with van der Waals surface area (Å²) < 4.78 is 12.8. The van der Waals surface area contributed by atoms with Gasteiger partial charge in [-0.2, -0.15) is 0 Å². The van der Waals surface area contributed by atoms with Crippen molar-refractivity contribution < 1.29 is 4.39 Å². The lowest BCUT2D eigenvalue weighted by Crippen LogP contribution is -2.27. The summed E-state index contributed by atoms with van der Waals surface area (Å²) in [7, 11) is 2.00. The van der Waals surface area contributed by atoms with Gasteiger partial charge in [-0.1, -0.05) is 0 Å². The molecule has 16 heavy (non-hydrogen) atoms. The highest BCUT2D eigenvalue weighted by molar-refractivity contribution is 5.45. The molecule has 1 aromatic carbocycles. The van der Waals surface area contributed by atoms with Gasteiger partial charge in [0.2, 0.25) is 0 Å². The maximum atomic E-state index is 12.8. The minimum atomic E-state index is -0.205. The topological polar surface area (TPSA) is 41.3 Å². The molecule has 0 aromatic heterocycles. The molecule has 1 atom stereocenters. The van der Waals surface area contributed by atoms with E-state index in [4.69, 9.17) is 5.73 Å². The van der Waals surface area contributed by atoms with Crippen molar-refractivity contribution in [3.8, 4) is 0 Å². The van der Waals surface area contributed by atoms with E-state index in [0.717, 1.165) is 24.6 Å². The van der Waals surface area contributed by atoms with Gasteiger partial charge in [0.25, 0.3) is 0 Å². The van der Waals surface area contributed by atoms with Crippen LogP contribution in [0.25, 0.3) is 0 Å². The third-order valence-corrected chi connectivity index (χ3v) is 2.76. The van der Waals surface area contributed by atoms with E-state index in [0.29, 0.717) is 5.92 Å². The third kappa shape index (κ3) is 2.45. The maximum Gasteiger partial charge on any atom is 0.123 e. The Morgan fingerprint density at radius 1 is 1.44 bits per heavy atom. The Kier molecular flexibility index (Phi) is 2.99. The van der Waals surface area contributed by atoms with Crippen molar-refractivity contribution in [2.75, 3.05) is 25.0 Å². The predicted molar refractivity (Wildman–Crippen MR) is 63.4 cm³/mol. The van der Waals surface area contributed by atoms with Crippen LogP contribution < -0.4 is 16.0 Å². The number of hydrogen-bond acceptors (Lipinski definition) is 3. The summed E-state index contributed by atoms with van der Waals surface area (Å²) in [6.07, 6.45) is 2.03. The van der Waals surface area contributed by atoms with Crippen molar-refractivity contribution in [3.05, 3.63) is 42.0 Å². The molecule has 3 nitrogen and oxygen atoms in total. The van der Waals surface area contributed by atoms with Gasteiger partial charge in [0.1, 0.15) is 5.82 Å². The summed E-state index contributed by atoms with van der Waals surface area (Å²) in [5, 5.41) is 3.09. The molecule has 1 aliphatic heterocycles. The second-order valence-electron chi connectivity index (χ2n) is 4.12. The van der Waals surface area contributed by atoms with Crippen LogP contribution in [0.4, 0.5) is 10.1 Å². The van der Waals surface area contributed by atoms with E-state index in [1.165, 1.54) is 12.1 Å². The molecule has 86 valence electrons. The van der Waals surface area contributed by atoms with E-state index in [1.807, 2.05) is 13.1 Å². The fourth-order valence-electron chi connectivity index (χ4n) is 1.89. The van der Waals surface area contributed by atoms with Crippen LogP contribution in [0.5, 0.6) is 0 Å². The first kappa shape index (κ1) is 10.8. The maximum absolute atomic E-state index is 12.8. The molecule has 0 fully saturated rings. The van der Waals surface area contributed by atoms with Crippen molar-refractivity contribution in [3.63, 3.8) is 0 Å². The van der Waals surface area contributed by atoms with E-state index in [9.17, 15) is 4.39 Å². The number of rotatable bonds is 3. The quantitative estimate of drug-likeness (QED) is 0.808. The Morgan fingerprint density at radius 3 is 2.69 bits per heavy atom. The van der Waals surface area contributed by atoms with Gasteiger partial charge in [-0.3, -0.25) is 0 Å². The summed E-state index contributed by atoms with van der Waals surface area (Å²) in [6.45, 7) is 1.75. The molecule has 0 aliphatic carbocycles. The Labute approximate surface area is 94.7 Å². The molecule has 0 radical (unpaired) electrons. The van der Waals surface area contributed by atoms with Crippen molar-refractivity contribution in [1.82, 2.24) is 5.32 Å². The van der Waals surface area contributed by atoms with Crippen LogP contribution in [0.15, 0.2) is 36.2 Å². The number of nitrogens with one attached hydrogen (secondary N) is 1. The molecule has 0 saturated carbocycles. The van der Waals surface area contributed by atoms with Crippen molar-refractivity contribution >= 4 is 5.69 Å². The second-order valence-corrected chi connectivity index (χ2v) is 4.12. The van der Waals surface area contributed by atoms with E-state index in [-0.39, 0.29) is 5.82 Å². The minimum absolute atomic E-state index is 0.205. The molecular formula is C12H16FN3. The highest BCUT2D eigenvalue weighted by atomic mass is 19.1. The highest BCUT2D eigenvalue weighted by Crippen LogP contribution is 2.16. The smallest absolute Gasteiger partial charge is 0.123 e. The molecule has 2 rings (SSSR count). The zero-order chi connectivity index (χ0) is 11.5. The highest BCUT2D eigenvalue weighted by Gasteiger charge is 2.15. The number of hydrogen-bond donors (Lipinski definition) is 2. The Bertz CT molecular complexity index is 386. The largest absolute Gasteiger partial charge is 0.386 e. The van der Waals surface area contributed by atoms with E-state index in [2.05, 4.69) is 10.2 Å². The van der Waals surface area contributed by atoms with Crippen LogP contribution in [-0.2, 0) is 0 Å². The molecule has 1 aliphatic rings. The Hall–Kier alpha value is -1.71. The van der Waals surface area contributed by atoms with Gasteiger partial charge in [0, 0.05) is 31.7 Å². The molecule has 3 N–H and O–H groups in total. The van der Waals surface area contributed by atoms with Gasteiger partial charge < -0.3 is 16.0 Å². The monoisotopic (exact) mass is 221 g/mol. The number of nitrogens with two attached hydrogens (primary N) is 1. The lowest BCUT2D eigenvalue weighted by molar-refractivity contribution is 0.625. The normalized spacial score (nSPS) is 19.1. The summed E-state index contributed by atoms with van der Waals surface area (Å²) >= 11 is 0. The first-order valence-corrected chi connectivity index (χ1v) is 5.33. The van der Waals surface area contributed by atoms with E-state index in [1.54, 1.807) is 12.1 Å². The van der Waals surface area contributed by atoms with Crippen molar-refractivity contribution in [2.24, 2.45) is 11.7 Å². The van der Waals surface area contributed by atoms with Gasteiger partial charge in [-0.25, -0.2) is 4.39 Å². The predicted octanol–water partition coefficient (Wildman–Crippen LogP) is 1.28. The summed E-state index contributed by atoms with van der Waals surface area (Å²) in [4.78, 5) is 2.10. The van der Waals surface area contributed by atoms with Gasteiger partial charge in [0.15, 0.2) is 0 Å². The number of halogens is 1. The Balaban J connectivity index is 1.97. The minimum Gasteiger partial charge on any atom is -0.386 e. The second kappa shape index (κ2) is 4.43. The van der Waals surface area contributed by atoms with Gasteiger partial charge in [-0.15, -0.1) is 0 Å². The summed E-state index contributed by atoms with van der Waals surface area (Å²) in [6, 6.07) is 6.52. The molecule has 1 aromatic rings. The lowest BCUT2D eigenvalue weighted by Gasteiger charge is -2.21. The molecule has 0 spiro atoms. The van der Waals surface area contributed by atoms with Crippen molar-refractivity contribution in [1.29, 1.82) is 0 Å². The average molecular weight is 221 g/mol. The van der Waals surface area contributed by atoms with Crippen LogP contribution in [0.2, 0.25) is 0 Å². The van der Waals surface area contributed by atoms with E-state index >= 15 is 0 Å². The summed E-state index contributed by atoms with van der Waals surface area (Å²) in [5.41, 5.74) is 6.66. The first-order valence-electron chi connectivity index (χ1n) is 5.33. The molecule has 0 saturated heterocycles. The molecule has 0 bridgehead atoms. The SMILES string of the molecule is CN(C[C@@H]1C=C(N)NC1)c1ccc(F)cc1. The molecule has 0 unspecified atom stereocenters. The fraction of sp³-hybridized carbons (Fsp3) is 0.333. The lowest BCUT2D eigenvalue weighted by atomic mass is 10.1. The van der Waals surface area contributed by atoms with Crippen LogP contribution in [0.3, 0.4) is 0 Å². The number of anilines is 1. The molecular weight excluding hydrogens is 205 g/mol. The van der Waals surface area contributed by atoms with Gasteiger partial charge in [0.05, 0.1) is 5.82 Å². The Morgan fingerprint density at radius 2 is 2.12 bits per heavy atom.